The van der Waals surface area contributed by atoms with Crippen molar-refractivity contribution in [3.63, 3.8) is 0 Å². The highest BCUT2D eigenvalue weighted by molar-refractivity contribution is 6.32. The molecule has 0 saturated carbocycles. The summed E-state index contributed by atoms with van der Waals surface area (Å²) in [6.45, 7) is 7.74. The summed E-state index contributed by atoms with van der Waals surface area (Å²) in [7, 11) is 0. The quantitative estimate of drug-likeness (QED) is 0.877. The zero-order valence-corrected chi connectivity index (χ0v) is 11.7. The zero-order chi connectivity index (χ0) is 13.3. The molecule has 100 valence electrons. The minimum absolute atomic E-state index is 0.00721. The summed E-state index contributed by atoms with van der Waals surface area (Å²) in [4.78, 5) is 12.0. The van der Waals surface area contributed by atoms with Crippen LogP contribution in [0, 0.1) is 0 Å². The number of nitrogens with zero attached hydrogens (tertiary/aromatic N) is 2. The summed E-state index contributed by atoms with van der Waals surface area (Å²) in [5.41, 5.74) is 0.304. The normalized spacial score (nSPS) is 23.6. The van der Waals surface area contributed by atoms with E-state index in [-0.39, 0.29) is 22.2 Å². The van der Waals surface area contributed by atoms with Crippen LogP contribution >= 0.6 is 11.6 Å². The van der Waals surface area contributed by atoms with Crippen LogP contribution in [0.2, 0.25) is 5.02 Å². The summed E-state index contributed by atoms with van der Waals surface area (Å²) in [5.74, 6) is 0. The van der Waals surface area contributed by atoms with Gasteiger partial charge in [0.1, 0.15) is 5.02 Å². The molecule has 2 N–H and O–H groups in total. The van der Waals surface area contributed by atoms with E-state index in [1.165, 1.54) is 4.68 Å². The predicted molar refractivity (Wildman–Crippen MR) is 73.4 cm³/mol. The van der Waals surface area contributed by atoms with Gasteiger partial charge in [-0.15, -0.1) is 0 Å². The monoisotopic (exact) mass is 270 g/mol. The Bertz CT molecular complexity index is 491. The number of nitrogens with one attached hydrogen (secondary N) is 2. The van der Waals surface area contributed by atoms with Crippen molar-refractivity contribution < 1.29 is 0 Å². The molecule has 2 heterocycles. The minimum Gasteiger partial charge on any atom is -0.376 e. The predicted octanol–water partition coefficient (Wildman–Crippen LogP) is 1.64. The van der Waals surface area contributed by atoms with Crippen LogP contribution in [-0.4, -0.2) is 28.4 Å². The molecule has 0 aliphatic carbocycles. The summed E-state index contributed by atoms with van der Waals surface area (Å²) < 4.78 is 1.39. The van der Waals surface area contributed by atoms with Crippen molar-refractivity contribution in [1.29, 1.82) is 0 Å². The Balaban J connectivity index is 2.30. The SMILES string of the molecule is CC(C)n1ncc(NC2(C)CCNC2)c(Cl)c1=O. The molecule has 5 nitrogen and oxygen atoms in total. The van der Waals surface area contributed by atoms with E-state index in [1.54, 1.807) is 6.20 Å². The van der Waals surface area contributed by atoms with Gasteiger partial charge in [0.2, 0.25) is 0 Å². The Morgan fingerprint density at radius 2 is 2.33 bits per heavy atom. The van der Waals surface area contributed by atoms with Crippen LogP contribution in [0.5, 0.6) is 0 Å². The van der Waals surface area contributed by atoms with Gasteiger partial charge in [-0.1, -0.05) is 11.6 Å². The number of hydrogen-bond acceptors (Lipinski definition) is 4. The number of rotatable bonds is 3. The lowest BCUT2D eigenvalue weighted by molar-refractivity contribution is 0.501. The lowest BCUT2D eigenvalue weighted by Crippen LogP contribution is -2.38. The second-order valence-electron chi connectivity index (χ2n) is 5.33. The lowest BCUT2D eigenvalue weighted by Gasteiger charge is -2.26. The molecule has 1 aliphatic rings. The molecule has 1 aromatic rings. The summed E-state index contributed by atoms with van der Waals surface area (Å²) in [6.07, 6.45) is 2.63. The average molecular weight is 271 g/mol. The maximum atomic E-state index is 12.0. The Kier molecular flexibility index (Phi) is 3.64. The van der Waals surface area contributed by atoms with Gasteiger partial charge in [-0.05, 0) is 33.7 Å². The van der Waals surface area contributed by atoms with E-state index >= 15 is 0 Å². The Morgan fingerprint density at radius 3 is 2.89 bits per heavy atom. The van der Waals surface area contributed by atoms with Gasteiger partial charge < -0.3 is 10.6 Å². The van der Waals surface area contributed by atoms with E-state index in [0.29, 0.717) is 5.69 Å². The topological polar surface area (TPSA) is 59.0 Å². The van der Waals surface area contributed by atoms with Crippen molar-refractivity contribution in [3.05, 3.63) is 21.6 Å². The van der Waals surface area contributed by atoms with Crippen LogP contribution in [0.1, 0.15) is 33.2 Å². The van der Waals surface area contributed by atoms with Crippen LogP contribution in [0.3, 0.4) is 0 Å². The van der Waals surface area contributed by atoms with Gasteiger partial charge in [-0.25, -0.2) is 4.68 Å². The van der Waals surface area contributed by atoms with Gasteiger partial charge in [0.05, 0.1) is 17.9 Å². The van der Waals surface area contributed by atoms with Crippen molar-refractivity contribution in [2.75, 3.05) is 18.4 Å². The fourth-order valence-corrected chi connectivity index (χ4v) is 2.33. The number of halogens is 1. The van der Waals surface area contributed by atoms with E-state index in [1.807, 2.05) is 13.8 Å². The van der Waals surface area contributed by atoms with Crippen LogP contribution < -0.4 is 16.2 Å². The van der Waals surface area contributed by atoms with Crippen LogP contribution in [0.15, 0.2) is 11.0 Å². The molecule has 1 saturated heterocycles. The molecule has 0 spiro atoms. The average Bonchev–Trinajstić information content (AvgIpc) is 2.72. The van der Waals surface area contributed by atoms with Gasteiger partial charge in [0.15, 0.2) is 0 Å². The molecule has 0 bridgehead atoms. The van der Waals surface area contributed by atoms with Gasteiger partial charge in [-0.2, -0.15) is 5.10 Å². The van der Waals surface area contributed by atoms with Crippen molar-refractivity contribution in [2.45, 2.75) is 38.8 Å². The molecule has 1 fully saturated rings. The first-order valence-corrected chi connectivity index (χ1v) is 6.57. The minimum atomic E-state index is -0.244. The molecule has 0 amide bonds. The molecule has 0 aromatic carbocycles. The number of aromatic nitrogens is 2. The third kappa shape index (κ3) is 2.52. The third-order valence-corrected chi connectivity index (χ3v) is 3.60. The molecular formula is C12H19ClN4O. The van der Waals surface area contributed by atoms with Gasteiger partial charge >= 0.3 is 0 Å². The lowest BCUT2D eigenvalue weighted by atomic mass is 10.0. The molecule has 0 radical (unpaired) electrons. The van der Waals surface area contributed by atoms with Gasteiger partial charge in [0.25, 0.3) is 5.56 Å². The van der Waals surface area contributed by atoms with Crippen LogP contribution in [0.4, 0.5) is 5.69 Å². The Hall–Kier alpha value is -1.07. The highest BCUT2D eigenvalue weighted by Crippen LogP contribution is 2.24. The van der Waals surface area contributed by atoms with Gasteiger partial charge in [-0.3, -0.25) is 4.79 Å². The second-order valence-corrected chi connectivity index (χ2v) is 5.71. The Morgan fingerprint density at radius 1 is 1.61 bits per heavy atom. The molecule has 1 aromatic heterocycles. The summed E-state index contributed by atoms with van der Waals surface area (Å²) >= 11 is 6.13. The molecule has 18 heavy (non-hydrogen) atoms. The molecule has 1 unspecified atom stereocenters. The second kappa shape index (κ2) is 4.90. The largest absolute Gasteiger partial charge is 0.376 e. The molecule has 6 heteroatoms. The van der Waals surface area contributed by atoms with E-state index in [4.69, 9.17) is 11.6 Å². The molecule has 1 aliphatic heterocycles. The van der Waals surface area contributed by atoms with E-state index in [2.05, 4.69) is 22.7 Å². The molecular weight excluding hydrogens is 252 g/mol. The first-order chi connectivity index (χ1) is 8.43. The Labute approximate surface area is 112 Å². The van der Waals surface area contributed by atoms with Crippen molar-refractivity contribution in [1.82, 2.24) is 15.1 Å². The van der Waals surface area contributed by atoms with Crippen LogP contribution in [0.25, 0.3) is 0 Å². The van der Waals surface area contributed by atoms with Gasteiger partial charge in [0, 0.05) is 12.1 Å². The number of anilines is 1. The fourth-order valence-electron chi connectivity index (χ4n) is 2.15. The van der Waals surface area contributed by atoms with Crippen molar-refractivity contribution >= 4 is 17.3 Å². The smallest absolute Gasteiger partial charge is 0.287 e. The first kappa shape index (κ1) is 13.4. The van der Waals surface area contributed by atoms with E-state index < -0.39 is 0 Å². The molecule has 1 atom stereocenters. The standard InChI is InChI=1S/C12H19ClN4O/c1-8(2)17-11(18)10(13)9(6-15-17)16-12(3)4-5-14-7-12/h6,8,14,16H,4-5,7H2,1-3H3. The first-order valence-electron chi connectivity index (χ1n) is 6.19. The van der Waals surface area contributed by atoms with E-state index in [0.717, 1.165) is 19.5 Å². The maximum Gasteiger partial charge on any atom is 0.287 e. The maximum absolute atomic E-state index is 12.0. The third-order valence-electron chi connectivity index (χ3n) is 3.24. The summed E-state index contributed by atoms with van der Waals surface area (Å²) in [6, 6.07) is 0.00721. The highest BCUT2D eigenvalue weighted by Gasteiger charge is 2.29. The fraction of sp³-hybridized carbons (Fsp3) is 0.667. The van der Waals surface area contributed by atoms with E-state index in [9.17, 15) is 4.79 Å². The van der Waals surface area contributed by atoms with Crippen LogP contribution in [-0.2, 0) is 0 Å². The highest BCUT2D eigenvalue weighted by atomic mass is 35.5. The summed E-state index contributed by atoms with van der Waals surface area (Å²) in [5, 5.41) is 11.0. The molecule has 2 rings (SSSR count). The van der Waals surface area contributed by atoms with Crippen molar-refractivity contribution in [3.8, 4) is 0 Å². The zero-order valence-electron chi connectivity index (χ0n) is 11.0. The number of hydrogen-bond donors (Lipinski definition) is 2. The van der Waals surface area contributed by atoms with Crippen molar-refractivity contribution in [2.24, 2.45) is 0 Å².